The van der Waals surface area contributed by atoms with Gasteiger partial charge in [0.25, 0.3) is 0 Å². The van der Waals surface area contributed by atoms with Crippen LogP contribution >= 0.6 is 0 Å². The third kappa shape index (κ3) is 6.62. The summed E-state index contributed by atoms with van der Waals surface area (Å²) >= 11 is 0. The molecule has 4 rings (SSSR count). The maximum absolute atomic E-state index is 11.2. The van der Waals surface area contributed by atoms with E-state index in [1.54, 1.807) is 6.92 Å². The van der Waals surface area contributed by atoms with E-state index in [0.29, 0.717) is 6.42 Å². The van der Waals surface area contributed by atoms with Crippen molar-refractivity contribution in [2.45, 2.75) is 136 Å². The molecule has 42 heavy (non-hydrogen) atoms. The molecule has 0 aromatic heterocycles. The molecule has 18 nitrogen and oxygen atoms in total. The molecular weight excluding hydrogens is 564 g/mol. The fraction of sp³-hybridized carbons (Fsp3) is 1.00. The van der Waals surface area contributed by atoms with E-state index in [2.05, 4.69) is 0 Å². The molecule has 1 aliphatic carbocycles. The van der Waals surface area contributed by atoms with E-state index < -0.39 is 116 Å². The third-order valence-electron chi connectivity index (χ3n) is 8.59. The number of hydrogen-bond acceptors (Lipinski definition) is 18. The summed E-state index contributed by atoms with van der Waals surface area (Å²) in [5.41, 5.74) is 35.9. The SMILES string of the molecule is CC[C@H]1O[C@@H](OC2C(O)C(N)CC(N)C2OC2OC(CN)C(O)C(O)C2N)[C@@H](O)C1OC1OC(CN)C(O)C(O)C1N. The molecule has 3 saturated heterocycles. The third-order valence-corrected chi connectivity index (χ3v) is 8.59. The van der Waals surface area contributed by atoms with Gasteiger partial charge in [0, 0.05) is 25.2 Å². The molecule has 3 aliphatic heterocycles. The molecule has 18 heteroatoms. The molecule has 0 amide bonds. The van der Waals surface area contributed by atoms with E-state index in [9.17, 15) is 30.6 Å². The smallest absolute Gasteiger partial charge is 0.187 e. The van der Waals surface area contributed by atoms with E-state index in [4.69, 9.17) is 62.8 Å². The predicted octanol–water partition coefficient (Wildman–Crippen LogP) is -7.48. The predicted molar refractivity (Wildman–Crippen MR) is 142 cm³/mol. The van der Waals surface area contributed by atoms with Crippen LogP contribution in [0.3, 0.4) is 0 Å². The average Bonchev–Trinajstić information content (AvgIpc) is 3.27. The van der Waals surface area contributed by atoms with Crippen molar-refractivity contribution in [2.75, 3.05) is 13.1 Å². The molecule has 19 atom stereocenters. The molecule has 0 radical (unpaired) electrons. The Balaban J connectivity index is 1.50. The van der Waals surface area contributed by atoms with E-state index in [1.165, 1.54) is 0 Å². The van der Waals surface area contributed by atoms with Crippen molar-refractivity contribution in [1.82, 2.24) is 0 Å². The van der Waals surface area contributed by atoms with Gasteiger partial charge in [-0.25, -0.2) is 0 Å². The number of nitrogens with two attached hydrogens (primary N) is 6. The second-order valence-corrected chi connectivity index (χ2v) is 11.5. The summed E-state index contributed by atoms with van der Waals surface area (Å²) < 4.78 is 35.3. The fourth-order valence-electron chi connectivity index (χ4n) is 5.92. The van der Waals surface area contributed by atoms with Crippen LogP contribution in [0.2, 0.25) is 0 Å². The Morgan fingerprint density at radius 1 is 0.548 bits per heavy atom. The van der Waals surface area contributed by atoms with Gasteiger partial charge in [-0.15, -0.1) is 0 Å². The normalized spacial score (nSPS) is 53.8. The fourth-order valence-corrected chi connectivity index (χ4v) is 5.92. The minimum atomic E-state index is -1.44. The summed E-state index contributed by atoms with van der Waals surface area (Å²) in [5.74, 6) is 0. The Kier molecular flexibility index (Phi) is 11.5. The van der Waals surface area contributed by atoms with Gasteiger partial charge in [-0.3, -0.25) is 0 Å². The molecule has 16 unspecified atom stereocenters. The molecule has 3 heterocycles. The van der Waals surface area contributed by atoms with Gasteiger partial charge >= 0.3 is 0 Å². The Bertz CT molecular complexity index is 867. The van der Waals surface area contributed by atoms with Gasteiger partial charge < -0.3 is 93.5 Å². The lowest BCUT2D eigenvalue weighted by Crippen LogP contribution is -2.68. The zero-order valence-corrected chi connectivity index (χ0v) is 23.4. The maximum atomic E-state index is 11.2. The minimum Gasteiger partial charge on any atom is -0.389 e. The van der Waals surface area contributed by atoms with Gasteiger partial charge in [0.05, 0.1) is 24.3 Å². The lowest BCUT2D eigenvalue weighted by atomic mass is 9.84. The van der Waals surface area contributed by atoms with E-state index >= 15 is 0 Å². The number of aliphatic hydroxyl groups is 6. The topological polar surface area (TPSA) is 333 Å². The number of rotatable bonds is 9. The van der Waals surface area contributed by atoms with E-state index in [1.807, 2.05) is 0 Å². The highest BCUT2D eigenvalue weighted by Crippen LogP contribution is 2.35. The number of aliphatic hydroxyl groups excluding tert-OH is 6. The highest BCUT2D eigenvalue weighted by Gasteiger charge is 2.54. The second-order valence-electron chi connectivity index (χ2n) is 11.5. The molecule has 4 fully saturated rings. The standard InChI is InChI=1S/C24H48N6O12/c1-2-8-20(41-23-12(30)17(35)15(33)10(5-26)39-23)18(36)24(37-8)42-21-13(31)6(27)3-7(28)19(21)40-22-11(29)16(34)14(32)9(4-25)38-22/h6-24,31-36H,2-5,25-30H2,1H3/t6?,7?,8-,9?,10?,11?,12?,13?,14?,15?,16?,17?,18+,19?,20?,21?,22?,23?,24+/m1/s1. The first kappa shape index (κ1) is 34.2. The molecular formula is C24H48N6O12. The lowest BCUT2D eigenvalue weighted by Gasteiger charge is -2.47. The summed E-state index contributed by atoms with van der Waals surface area (Å²) in [4.78, 5) is 0. The van der Waals surface area contributed by atoms with Gasteiger partial charge in [-0.05, 0) is 12.8 Å². The van der Waals surface area contributed by atoms with Crippen LogP contribution < -0.4 is 34.4 Å². The van der Waals surface area contributed by atoms with Crippen molar-refractivity contribution in [2.24, 2.45) is 34.4 Å². The largest absolute Gasteiger partial charge is 0.389 e. The quantitative estimate of drug-likeness (QED) is 0.115. The number of hydrogen-bond donors (Lipinski definition) is 12. The van der Waals surface area contributed by atoms with E-state index in [-0.39, 0.29) is 19.5 Å². The van der Waals surface area contributed by atoms with Crippen molar-refractivity contribution in [3.05, 3.63) is 0 Å². The molecule has 0 aromatic carbocycles. The molecule has 1 saturated carbocycles. The van der Waals surface area contributed by atoms with Crippen LogP contribution in [-0.4, -0.2) is 160 Å². The van der Waals surface area contributed by atoms with Crippen molar-refractivity contribution < 1.29 is 59.1 Å². The first-order chi connectivity index (χ1) is 19.8. The average molecular weight is 613 g/mol. The van der Waals surface area contributed by atoms with Crippen LogP contribution in [-0.2, 0) is 28.4 Å². The molecule has 4 aliphatic rings. The van der Waals surface area contributed by atoms with Gasteiger partial charge in [0.2, 0.25) is 0 Å². The van der Waals surface area contributed by atoms with Crippen LogP contribution in [0, 0.1) is 0 Å². The summed E-state index contributed by atoms with van der Waals surface area (Å²) in [5, 5.41) is 63.3. The van der Waals surface area contributed by atoms with Crippen LogP contribution in [0.5, 0.6) is 0 Å². The second kappa shape index (κ2) is 14.1. The van der Waals surface area contributed by atoms with Gasteiger partial charge in [-0.1, -0.05) is 6.92 Å². The molecule has 0 bridgehead atoms. The maximum Gasteiger partial charge on any atom is 0.187 e. The van der Waals surface area contributed by atoms with Crippen molar-refractivity contribution in [1.29, 1.82) is 0 Å². The van der Waals surface area contributed by atoms with Gasteiger partial charge in [0.15, 0.2) is 18.9 Å². The zero-order chi connectivity index (χ0) is 31.0. The molecule has 246 valence electrons. The van der Waals surface area contributed by atoms with Gasteiger partial charge in [-0.2, -0.15) is 0 Å². The Labute approximate surface area is 243 Å². The highest BCUT2D eigenvalue weighted by molar-refractivity contribution is 5.02. The minimum absolute atomic E-state index is 0.116. The van der Waals surface area contributed by atoms with E-state index in [0.717, 1.165) is 0 Å². The van der Waals surface area contributed by atoms with Crippen LogP contribution in [0.1, 0.15) is 19.8 Å². The summed E-state index contributed by atoms with van der Waals surface area (Å²) in [6.07, 6.45) is -17.8. The van der Waals surface area contributed by atoms with Crippen LogP contribution in [0.25, 0.3) is 0 Å². The van der Waals surface area contributed by atoms with Gasteiger partial charge in [0.1, 0.15) is 61.0 Å². The summed E-state index contributed by atoms with van der Waals surface area (Å²) in [7, 11) is 0. The monoisotopic (exact) mass is 612 g/mol. The summed E-state index contributed by atoms with van der Waals surface area (Å²) in [6.45, 7) is 1.53. The first-order valence-corrected chi connectivity index (χ1v) is 14.3. The number of ether oxygens (including phenoxy) is 6. The van der Waals surface area contributed by atoms with Crippen LogP contribution in [0.4, 0.5) is 0 Å². The first-order valence-electron chi connectivity index (χ1n) is 14.3. The van der Waals surface area contributed by atoms with Crippen LogP contribution in [0.15, 0.2) is 0 Å². The zero-order valence-electron chi connectivity index (χ0n) is 23.4. The Morgan fingerprint density at radius 2 is 1.00 bits per heavy atom. The Hall–Kier alpha value is -0.720. The molecule has 18 N–H and O–H groups in total. The summed E-state index contributed by atoms with van der Waals surface area (Å²) in [6, 6.07) is -3.97. The lowest BCUT2D eigenvalue weighted by molar-refractivity contribution is -0.306. The Morgan fingerprint density at radius 3 is 1.48 bits per heavy atom. The van der Waals surface area contributed by atoms with Crippen molar-refractivity contribution >= 4 is 0 Å². The molecule has 0 spiro atoms. The molecule has 0 aromatic rings. The van der Waals surface area contributed by atoms with Crippen molar-refractivity contribution in [3.63, 3.8) is 0 Å². The van der Waals surface area contributed by atoms with Crippen molar-refractivity contribution in [3.8, 4) is 0 Å². The highest BCUT2D eigenvalue weighted by atomic mass is 16.8.